The Morgan fingerprint density at radius 1 is 1.58 bits per heavy atom. The van der Waals surface area contributed by atoms with Crippen molar-refractivity contribution in [1.29, 1.82) is 0 Å². The first-order chi connectivity index (χ1) is 9.02. The van der Waals surface area contributed by atoms with Crippen molar-refractivity contribution >= 4 is 23.8 Å². The van der Waals surface area contributed by atoms with Crippen LogP contribution in [0.3, 0.4) is 0 Å². The van der Waals surface area contributed by atoms with E-state index in [0.29, 0.717) is 17.9 Å². The third-order valence-corrected chi connectivity index (χ3v) is 2.96. The van der Waals surface area contributed by atoms with Crippen LogP contribution in [0.4, 0.5) is 4.79 Å². The second kappa shape index (κ2) is 7.67. The number of carboxylic acid groups (broad SMARTS) is 1. The van der Waals surface area contributed by atoms with E-state index in [2.05, 4.69) is 15.8 Å². The van der Waals surface area contributed by atoms with Gasteiger partial charge in [0.25, 0.3) is 0 Å². The predicted molar refractivity (Wildman–Crippen MR) is 71.0 cm³/mol. The molecule has 0 unspecified atom stereocenters. The van der Waals surface area contributed by atoms with Gasteiger partial charge in [-0.3, -0.25) is 0 Å². The van der Waals surface area contributed by atoms with Crippen LogP contribution in [-0.2, 0) is 11.3 Å². The lowest BCUT2D eigenvalue weighted by Crippen LogP contribution is -2.46. The van der Waals surface area contributed by atoms with E-state index in [1.165, 1.54) is 11.8 Å². The van der Waals surface area contributed by atoms with Gasteiger partial charge in [0.1, 0.15) is 6.04 Å². The number of urea groups is 1. The fourth-order valence-corrected chi connectivity index (χ4v) is 1.84. The molecule has 0 bridgehead atoms. The minimum atomic E-state index is -1.04. The normalized spacial score (nSPS) is 11.9. The number of carbonyl (C=O) groups is 2. The molecular weight excluding hydrogens is 270 g/mol. The van der Waals surface area contributed by atoms with Gasteiger partial charge in [-0.2, -0.15) is 11.8 Å². The number of hydrogen-bond acceptors (Lipinski definition) is 5. The third-order valence-electron chi connectivity index (χ3n) is 2.31. The maximum absolute atomic E-state index is 11.5. The van der Waals surface area contributed by atoms with Gasteiger partial charge in [0, 0.05) is 6.07 Å². The van der Waals surface area contributed by atoms with Gasteiger partial charge in [-0.25, -0.2) is 9.59 Å². The molecule has 0 fully saturated rings. The summed E-state index contributed by atoms with van der Waals surface area (Å²) in [6.07, 6.45) is 2.26. The van der Waals surface area contributed by atoms with Crippen molar-refractivity contribution in [2.45, 2.75) is 25.9 Å². The number of aromatic nitrogens is 1. The number of nitrogens with one attached hydrogen (secondary N) is 2. The van der Waals surface area contributed by atoms with Crippen LogP contribution in [0.25, 0.3) is 0 Å². The number of rotatable bonds is 7. The molecule has 0 saturated heterocycles. The summed E-state index contributed by atoms with van der Waals surface area (Å²) in [6, 6.07) is 0.273. The van der Waals surface area contributed by atoms with Crippen LogP contribution in [0.5, 0.6) is 0 Å². The molecule has 0 aliphatic heterocycles. The average molecular weight is 287 g/mol. The van der Waals surface area contributed by atoms with Crippen LogP contribution < -0.4 is 10.6 Å². The highest BCUT2D eigenvalue weighted by Crippen LogP contribution is 2.02. The molecule has 1 heterocycles. The minimum Gasteiger partial charge on any atom is -0.480 e. The van der Waals surface area contributed by atoms with E-state index in [0.717, 1.165) is 5.69 Å². The summed E-state index contributed by atoms with van der Waals surface area (Å²) in [5.41, 5.74) is 0.723. The number of carbonyl (C=O) groups excluding carboxylic acids is 1. The van der Waals surface area contributed by atoms with Gasteiger partial charge >= 0.3 is 12.0 Å². The zero-order chi connectivity index (χ0) is 14.3. The Labute approximate surface area is 115 Å². The van der Waals surface area contributed by atoms with Crippen LogP contribution in [0.15, 0.2) is 10.6 Å². The van der Waals surface area contributed by atoms with Crippen molar-refractivity contribution in [3.63, 3.8) is 0 Å². The molecule has 7 nitrogen and oxygen atoms in total. The molecular formula is C11H17N3O4S. The second-order valence-electron chi connectivity index (χ2n) is 3.93. The topological polar surface area (TPSA) is 104 Å². The average Bonchev–Trinajstić information content (AvgIpc) is 2.77. The van der Waals surface area contributed by atoms with Crippen molar-refractivity contribution in [2.75, 3.05) is 12.0 Å². The first-order valence-electron chi connectivity index (χ1n) is 5.71. The molecule has 2 amide bonds. The molecule has 0 aliphatic carbocycles. The lowest BCUT2D eigenvalue weighted by molar-refractivity contribution is -0.139. The van der Waals surface area contributed by atoms with E-state index in [4.69, 9.17) is 9.63 Å². The van der Waals surface area contributed by atoms with Crippen LogP contribution in [0, 0.1) is 6.92 Å². The van der Waals surface area contributed by atoms with E-state index in [-0.39, 0.29) is 6.54 Å². The van der Waals surface area contributed by atoms with Gasteiger partial charge in [0.2, 0.25) is 0 Å². The quantitative estimate of drug-likeness (QED) is 0.690. The maximum atomic E-state index is 11.5. The fraction of sp³-hybridized carbons (Fsp3) is 0.545. The summed E-state index contributed by atoms with van der Waals surface area (Å²) in [7, 11) is 0. The Morgan fingerprint density at radius 2 is 2.32 bits per heavy atom. The first kappa shape index (κ1) is 15.4. The Morgan fingerprint density at radius 3 is 2.84 bits per heavy atom. The maximum Gasteiger partial charge on any atom is 0.326 e. The largest absolute Gasteiger partial charge is 0.480 e. The van der Waals surface area contributed by atoms with Crippen molar-refractivity contribution in [3.05, 3.63) is 17.5 Å². The number of hydrogen-bond donors (Lipinski definition) is 3. The van der Waals surface area contributed by atoms with Gasteiger partial charge in [0.05, 0.1) is 12.2 Å². The van der Waals surface area contributed by atoms with Crippen molar-refractivity contribution < 1.29 is 19.2 Å². The molecule has 1 rings (SSSR count). The van der Waals surface area contributed by atoms with Gasteiger partial charge in [0.15, 0.2) is 5.76 Å². The second-order valence-corrected chi connectivity index (χ2v) is 4.92. The number of aliphatic carboxylic acids is 1. The van der Waals surface area contributed by atoms with Gasteiger partial charge in [-0.1, -0.05) is 5.16 Å². The summed E-state index contributed by atoms with van der Waals surface area (Å²) >= 11 is 1.53. The van der Waals surface area contributed by atoms with E-state index in [1.807, 2.05) is 6.26 Å². The van der Waals surface area contributed by atoms with Crippen molar-refractivity contribution in [2.24, 2.45) is 0 Å². The van der Waals surface area contributed by atoms with Gasteiger partial charge in [-0.15, -0.1) is 0 Å². The van der Waals surface area contributed by atoms with E-state index in [1.54, 1.807) is 13.0 Å². The molecule has 0 radical (unpaired) electrons. The van der Waals surface area contributed by atoms with Crippen molar-refractivity contribution in [1.82, 2.24) is 15.8 Å². The lowest BCUT2D eigenvalue weighted by Gasteiger charge is -2.14. The fourth-order valence-electron chi connectivity index (χ4n) is 1.37. The SMILES string of the molecule is CSCC[C@H](NC(=O)NCc1cc(C)no1)C(=O)O. The number of nitrogens with zero attached hydrogens (tertiary/aromatic N) is 1. The van der Waals surface area contributed by atoms with E-state index < -0.39 is 18.0 Å². The molecule has 0 saturated carbocycles. The van der Waals surface area contributed by atoms with E-state index >= 15 is 0 Å². The highest BCUT2D eigenvalue weighted by Gasteiger charge is 2.19. The molecule has 3 N–H and O–H groups in total. The molecule has 0 aliphatic rings. The summed E-state index contributed by atoms with van der Waals surface area (Å²) in [4.78, 5) is 22.5. The zero-order valence-electron chi connectivity index (χ0n) is 10.8. The number of amides is 2. The number of thioether (sulfide) groups is 1. The molecule has 106 valence electrons. The number of aryl methyl sites for hydroxylation is 1. The summed E-state index contributed by atoms with van der Waals surface area (Å²) in [6.45, 7) is 1.94. The monoisotopic (exact) mass is 287 g/mol. The van der Waals surface area contributed by atoms with E-state index in [9.17, 15) is 9.59 Å². The standard InChI is InChI=1S/C11H17N3O4S/c1-7-5-8(18-14-7)6-12-11(17)13-9(10(15)16)3-4-19-2/h5,9H,3-4,6H2,1-2H3,(H,15,16)(H2,12,13,17)/t9-/m0/s1. The minimum absolute atomic E-state index is 0.168. The molecule has 19 heavy (non-hydrogen) atoms. The summed E-state index contributed by atoms with van der Waals surface area (Å²) < 4.78 is 4.92. The Balaban J connectivity index is 2.37. The highest BCUT2D eigenvalue weighted by atomic mass is 32.2. The first-order valence-corrected chi connectivity index (χ1v) is 7.10. The highest BCUT2D eigenvalue weighted by molar-refractivity contribution is 7.98. The summed E-state index contributed by atoms with van der Waals surface area (Å²) in [5, 5.41) is 17.6. The Hall–Kier alpha value is -1.70. The summed E-state index contributed by atoms with van der Waals surface area (Å²) in [5.74, 6) is 0.141. The smallest absolute Gasteiger partial charge is 0.326 e. The van der Waals surface area contributed by atoms with Crippen LogP contribution >= 0.6 is 11.8 Å². The zero-order valence-corrected chi connectivity index (χ0v) is 11.6. The van der Waals surface area contributed by atoms with Gasteiger partial charge < -0.3 is 20.3 Å². The van der Waals surface area contributed by atoms with Gasteiger partial charge in [-0.05, 0) is 25.4 Å². The Kier molecular flexibility index (Phi) is 6.20. The molecule has 1 atom stereocenters. The Bertz CT molecular complexity index is 435. The molecule has 1 aromatic rings. The molecule has 8 heteroatoms. The van der Waals surface area contributed by atoms with Crippen LogP contribution in [0.2, 0.25) is 0 Å². The van der Waals surface area contributed by atoms with Crippen LogP contribution in [-0.4, -0.2) is 40.3 Å². The molecule has 0 aromatic carbocycles. The van der Waals surface area contributed by atoms with Crippen molar-refractivity contribution in [3.8, 4) is 0 Å². The molecule has 0 spiro atoms. The van der Waals surface area contributed by atoms with Crippen LogP contribution in [0.1, 0.15) is 17.9 Å². The number of carboxylic acids is 1. The predicted octanol–water partition coefficient (Wildman–Crippen LogP) is 0.989. The third kappa shape index (κ3) is 5.64. The molecule has 1 aromatic heterocycles. The lowest BCUT2D eigenvalue weighted by atomic mass is 10.2.